The lowest BCUT2D eigenvalue weighted by molar-refractivity contribution is 0.0282. The van der Waals surface area contributed by atoms with E-state index >= 15 is 0 Å². The van der Waals surface area contributed by atoms with Crippen molar-refractivity contribution in [2.24, 2.45) is 11.7 Å². The Labute approximate surface area is 168 Å². The maximum Gasteiger partial charge on any atom is 0.410 e. The number of hydrogen-bond acceptors (Lipinski definition) is 4. The van der Waals surface area contributed by atoms with E-state index in [1.54, 1.807) is 11.9 Å². The number of likely N-dealkylation sites (N-methyl/N-ethyl adjacent to an activating group) is 1. The Kier molecular flexibility index (Phi) is 8.39. The van der Waals surface area contributed by atoms with Crippen LogP contribution in [0.4, 0.5) is 4.79 Å². The van der Waals surface area contributed by atoms with Gasteiger partial charge >= 0.3 is 6.09 Å². The van der Waals surface area contributed by atoms with Crippen LogP contribution in [0.15, 0.2) is 0 Å². The third kappa shape index (κ3) is 8.53. The number of nitrogens with two attached hydrogens (primary N) is 1. The van der Waals surface area contributed by atoms with E-state index in [2.05, 4.69) is 33.9 Å². The fraction of sp³-hybridized carbons (Fsp3) is 0.952. The highest BCUT2D eigenvalue weighted by Gasteiger charge is 2.39. The van der Waals surface area contributed by atoms with Crippen LogP contribution in [0.1, 0.15) is 73.6 Å². The number of amides is 1. The standard InChI is InChI=1S/C21H44N2O3Si/c1-20(2,3)25-19(24)23(7)15-17(22)14-16-10-12-18(13-11-16)26-27(8,9)21(4,5)6/h16-18H,10-15,22H2,1-9H3/t16?,17-,18?/m0/s1. The first-order valence-corrected chi connectivity index (χ1v) is 13.4. The Morgan fingerprint density at radius 2 is 1.63 bits per heavy atom. The maximum absolute atomic E-state index is 12.1. The van der Waals surface area contributed by atoms with Crippen LogP contribution < -0.4 is 5.73 Å². The van der Waals surface area contributed by atoms with E-state index in [1.165, 1.54) is 12.8 Å². The van der Waals surface area contributed by atoms with Crippen LogP contribution in [0.2, 0.25) is 18.1 Å². The molecule has 6 heteroatoms. The first kappa shape index (κ1) is 24.4. The summed E-state index contributed by atoms with van der Waals surface area (Å²) in [5.41, 5.74) is 5.85. The molecule has 0 saturated heterocycles. The average Bonchev–Trinajstić information content (AvgIpc) is 2.46. The van der Waals surface area contributed by atoms with E-state index in [4.69, 9.17) is 14.9 Å². The fourth-order valence-corrected chi connectivity index (χ4v) is 4.77. The van der Waals surface area contributed by atoms with Crippen LogP contribution in [0.25, 0.3) is 0 Å². The summed E-state index contributed by atoms with van der Waals surface area (Å²) in [6, 6.07) is -0.00891. The van der Waals surface area contributed by atoms with Gasteiger partial charge in [0.2, 0.25) is 0 Å². The van der Waals surface area contributed by atoms with Gasteiger partial charge < -0.3 is 19.8 Å². The minimum absolute atomic E-state index is 0.00891. The monoisotopic (exact) mass is 400 g/mol. The zero-order valence-electron chi connectivity index (χ0n) is 19.2. The van der Waals surface area contributed by atoms with E-state index in [0.29, 0.717) is 18.6 Å². The molecule has 1 fully saturated rings. The Morgan fingerprint density at radius 3 is 2.07 bits per heavy atom. The summed E-state index contributed by atoms with van der Waals surface area (Å²) >= 11 is 0. The maximum atomic E-state index is 12.1. The fourth-order valence-electron chi connectivity index (χ4n) is 3.35. The molecule has 0 heterocycles. The van der Waals surface area contributed by atoms with Gasteiger partial charge in [-0.1, -0.05) is 20.8 Å². The van der Waals surface area contributed by atoms with Gasteiger partial charge in [-0.25, -0.2) is 4.79 Å². The molecule has 0 radical (unpaired) electrons. The van der Waals surface area contributed by atoms with Crippen molar-refractivity contribution in [1.29, 1.82) is 0 Å². The molecule has 0 aromatic carbocycles. The Balaban J connectivity index is 2.38. The molecule has 0 unspecified atom stereocenters. The molecule has 2 N–H and O–H groups in total. The zero-order chi connectivity index (χ0) is 21.0. The van der Waals surface area contributed by atoms with Crippen molar-refractivity contribution in [1.82, 2.24) is 4.90 Å². The topological polar surface area (TPSA) is 64.8 Å². The predicted molar refractivity (Wildman–Crippen MR) is 115 cm³/mol. The van der Waals surface area contributed by atoms with E-state index in [-0.39, 0.29) is 17.2 Å². The molecular formula is C21H44N2O3Si. The lowest BCUT2D eigenvalue weighted by Crippen LogP contribution is -2.45. The van der Waals surface area contributed by atoms with E-state index in [1.807, 2.05) is 20.8 Å². The van der Waals surface area contributed by atoms with Gasteiger partial charge in [-0.3, -0.25) is 0 Å². The minimum atomic E-state index is -1.68. The van der Waals surface area contributed by atoms with Crippen molar-refractivity contribution in [3.63, 3.8) is 0 Å². The molecule has 160 valence electrons. The molecule has 0 aliphatic heterocycles. The SMILES string of the molecule is CN(C[C@@H](N)CC1CCC(O[Si](C)(C)C(C)(C)C)CC1)C(=O)OC(C)(C)C. The highest BCUT2D eigenvalue weighted by Crippen LogP contribution is 2.40. The summed E-state index contributed by atoms with van der Waals surface area (Å²) in [6.45, 7) is 17.7. The number of carbonyl (C=O) groups is 1. The second kappa shape index (κ2) is 9.27. The molecule has 1 aliphatic carbocycles. The molecule has 1 atom stereocenters. The summed E-state index contributed by atoms with van der Waals surface area (Å²) in [7, 11) is 0.0785. The lowest BCUT2D eigenvalue weighted by Gasteiger charge is -2.41. The summed E-state index contributed by atoms with van der Waals surface area (Å²) in [5.74, 6) is 0.631. The Hall–Kier alpha value is -0.593. The molecular weight excluding hydrogens is 356 g/mol. The van der Waals surface area contributed by atoms with Gasteiger partial charge in [0.15, 0.2) is 8.32 Å². The van der Waals surface area contributed by atoms with E-state index in [0.717, 1.165) is 19.3 Å². The second-order valence-corrected chi connectivity index (χ2v) is 15.6. The molecule has 0 aromatic heterocycles. The normalized spacial score (nSPS) is 23.0. The molecule has 1 aliphatic rings. The van der Waals surface area contributed by atoms with Gasteiger partial charge in [-0.2, -0.15) is 0 Å². The van der Waals surface area contributed by atoms with Gasteiger partial charge in [0.25, 0.3) is 0 Å². The van der Waals surface area contributed by atoms with E-state index in [9.17, 15) is 4.79 Å². The molecule has 1 saturated carbocycles. The van der Waals surface area contributed by atoms with Crippen molar-refractivity contribution in [3.05, 3.63) is 0 Å². The number of nitrogens with zero attached hydrogens (tertiary/aromatic N) is 1. The number of rotatable bonds is 6. The van der Waals surface area contributed by atoms with Gasteiger partial charge in [0.05, 0.1) is 0 Å². The van der Waals surface area contributed by atoms with E-state index < -0.39 is 13.9 Å². The first-order valence-electron chi connectivity index (χ1n) is 10.5. The molecule has 1 rings (SSSR count). The van der Waals surface area contributed by atoms with Crippen LogP contribution in [0.3, 0.4) is 0 Å². The summed E-state index contributed by atoms with van der Waals surface area (Å²) in [6.07, 6.45) is 5.66. The minimum Gasteiger partial charge on any atom is -0.444 e. The Morgan fingerprint density at radius 1 is 1.11 bits per heavy atom. The second-order valence-electron chi connectivity index (χ2n) is 10.9. The smallest absolute Gasteiger partial charge is 0.410 e. The van der Waals surface area contributed by atoms with Crippen LogP contribution in [0, 0.1) is 5.92 Å². The zero-order valence-corrected chi connectivity index (χ0v) is 20.2. The van der Waals surface area contributed by atoms with Gasteiger partial charge in [-0.15, -0.1) is 0 Å². The van der Waals surface area contributed by atoms with Crippen molar-refractivity contribution >= 4 is 14.4 Å². The molecule has 0 bridgehead atoms. The van der Waals surface area contributed by atoms with Gasteiger partial charge in [-0.05, 0) is 76.9 Å². The molecule has 1 amide bonds. The molecule has 27 heavy (non-hydrogen) atoms. The van der Waals surface area contributed by atoms with Crippen LogP contribution in [-0.2, 0) is 9.16 Å². The quantitative estimate of drug-likeness (QED) is 0.626. The number of hydrogen-bond donors (Lipinski definition) is 1. The summed E-state index contributed by atoms with van der Waals surface area (Å²) in [4.78, 5) is 13.7. The number of carbonyl (C=O) groups excluding carboxylic acids is 1. The van der Waals surface area contributed by atoms with Gasteiger partial charge in [0.1, 0.15) is 5.60 Å². The molecule has 0 aromatic rings. The van der Waals surface area contributed by atoms with Crippen molar-refractivity contribution in [2.75, 3.05) is 13.6 Å². The first-order chi connectivity index (χ1) is 12.1. The van der Waals surface area contributed by atoms with Crippen molar-refractivity contribution < 1.29 is 14.0 Å². The Bertz CT molecular complexity index is 475. The highest BCUT2D eigenvalue weighted by atomic mass is 28.4. The molecule has 0 spiro atoms. The van der Waals surface area contributed by atoms with Crippen LogP contribution in [-0.4, -0.2) is 50.6 Å². The number of ether oxygens (including phenoxy) is 1. The average molecular weight is 401 g/mol. The highest BCUT2D eigenvalue weighted by molar-refractivity contribution is 6.74. The van der Waals surface area contributed by atoms with Crippen LogP contribution in [0.5, 0.6) is 0 Å². The summed E-state index contributed by atoms with van der Waals surface area (Å²) < 4.78 is 12.0. The predicted octanol–water partition coefficient (Wildman–Crippen LogP) is 5.15. The van der Waals surface area contributed by atoms with Crippen LogP contribution >= 0.6 is 0 Å². The summed E-state index contributed by atoms with van der Waals surface area (Å²) in [5, 5.41) is 0.262. The third-order valence-electron chi connectivity index (χ3n) is 5.91. The largest absolute Gasteiger partial charge is 0.444 e. The van der Waals surface area contributed by atoms with Crippen molar-refractivity contribution in [2.45, 2.75) is 110 Å². The van der Waals surface area contributed by atoms with Crippen molar-refractivity contribution in [3.8, 4) is 0 Å². The third-order valence-corrected chi connectivity index (χ3v) is 10.4. The molecule has 5 nitrogen and oxygen atoms in total. The van der Waals surface area contributed by atoms with Gasteiger partial charge in [0, 0.05) is 25.7 Å². The lowest BCUT2D eigenvalue weighted by atomic mass is 9.83.